The number of hydrogen-bond acceptors (Lipinski definition) is 2. The molecule has 0 aliphatic rings. The van der Waals surface area contributed by atoms with Gasteiger partial charge >= 0.3 is 0 Å². The zero-order valence-electron chi connectivity index (χ0n) is 13.0. The van der Waals surface area contributed by atoms with E-state index < -0.39 is 0 Å². The molecular weight excluding hydrogens is 246 g/mol. The lowest BCUT2D eigenvalue weighted by atomic mass is 9.99. The molecule has 108 valence electrons. The van der Waals surface area contributed by atoms with E-state index in [4.69, 9.17) is 0 Å². The highest BCUT2D eigenvalue weighted by atomic mass is 15.1. The molecule has 0 aliphatic carbocycles. The number of aromatic nitrogens is 2. The molecule has 0 spiro atoms. The third-order valence-electron chi connectivity index (χ3n) is 3.53. The van der Waals surface area contributed by atoms with Crippen LogP contribution in [0, 0.1) is 0 Å². The van der Waals surface area contributed by atoms with Crippen LogP contribution in [0.15, 0.2) is 36.8 Å². The van der Waals surface area contributed by atoms with Crippen LogP contribution in [0.2, 0.25) is 0 Å². The Labute approximate surface area is 122 Å². The smallest absolute Gasteiger partial charge is 0.0955 e. The fourth-order valence-corrected chi connectivity index (χ4v) is 2.47. The van der Waals surface area contributed by atoms with Crippen LogP contribution in [0.1, 0.15) is 32.8 Å². The third kappa shape index (κ3) is 3.28. The number of hydrogen-bond donors (Lipinski definition) is 1. The van der Waals surface area contributed by atoms with E-state index in [1.165, 1.54) is 16.8 Å². The monoisotopic (exact) mass is 271 g/mol. The van der Waals surface area contributed by atoms with Crippen LogP contribution in [0.25, 0.3) is 11.3 Å². The predicted octanol–water partition coefficient (Wildman–Crippen LogP) is 3.46. The molecular formula is C17H25N3. The molecule has 0 atom stereocenters. The molecule has 0 unspecified atom stereocenters. The van der Waals surface area contributed by atoms with E-state index in [0.29, 0.717) is 0 Å². The van der Waals surface area contributed by atoms with E-state index in [0.717, 1.165) is 19.4 Å². The van der Waals surface area contributed by atoms with Gasteiger partial charge in [-0.1, -0.05) is 24.3 Å². The van der Waals surface area contributed by atoms with E-state index in [9.17, 15) is 0 Å². The number of rotatable bonds is 5. The van der Waals surface area contributed by atoms with Crippen LogP contribution in [0.5, 0.6) is 0 Å². The Kier molecular flexibility index (Phi) is 4.61. The maximum Gasteiger partial charge on any atom is 0.0955 e. The van der Waals surface area contributed by atoms with Gasteiger partial charge < -0.3 is 9.88 Å². The summed E-state index contributed by atoms with van der Waals surface area (Å²) in [6, 6.07) is 8.66. The average Bonchev–Trinajstić information content (AvgIpc) is 2.89. The second kappa shape index (κ2) is 6.23. The molecule has 1 aromatic heterocycles. The van der Waals surface area contributed by atoms with Gasteiger partial charge in [0.25, 0.3) is 0 Å². The van der Waals surface area contributed by atoms with Crippen molar-refractivity contribution in [1.82, 2.24) is 14.9 Å². The van der Waals surface area contributed by atoms with Gasteiger partial charge in [0.15, 0.2) is 0 Å². The highest BCUT2D eigenvalue weighted by Crippen LogP contribution is 2.28. The fourth-order valence-electron chi connectivity index (χ4n) is 2.47. The van der Waals surface area contributed by atoms with Crippen molar-refractivity contribution in [2.75, 3.05) is 13.6 Å². The van der Waals surface area contributed by atoms with Crippen molar-refractivity contribution in [2.45, 2.75) is 39.2 Å². The van der Waals surface area contributed by atoms with E-state index in [1.807, 2.05) is 19.6 Å². The average molecular weight is 271 g/mol. The second-order valence-corrected chi connectivity index (χ2v) is 6.18. The largest absolute Gasteiger partial charge is 0.325 e. The summed E-state index contributed by atoms with van der Waals surface area (Å²) in [6.07, 6.45) is 6.14. The van der Waals surface area contributed by atoms with Gasteiger partial charge in [-0.3, -0.25) is 0 Å². The third-order valence-corrected chi connectivity index (χ3v) is 3.53. The summed E-state index contributed by atoms with van der Waals surface area (Å²) < 4.78 is 2.25. The van der Waals surface area contributed by atoms with Gasteiger partial charge in [0.05, 0.1) is 18.2 Å². The van der Waals surface area contributed by atoms with Gasteiger partial charge in [-0.15, -0.1) is 0 Å². The standard InChI is InChI=1S/C17H25N3/c1-17(2,3)20-13-19-12-16(20)15-10-6-5-8-14(15)9-7-11-18-4/h5-6,8,10,12-13,18H,7,9,11H2,1-4H3. The first-order chi connectivity index (χ1) is 9.54. The minimum atomic E-state index is 0.0456. The number of benzene rings is 1. The minimum Gasteiger partial charge on any atom is -0.325 e. The first kappa shape index (κ1) is 14.8. The van der Waals surface area contributed by atoms with Crippen LogP contribution >= 0.6 is 0 Å². The molecule has 0 saturated heterocycles. The van der Waals surface area contributed by atoms with Crippen molar-refractivity contribution in [3.63, 3.8) is 0 Å². The number of aryl methyl sites for hydroxylation is 1. The molecule has 20 heavy (non-hydrogen) atoms. The van der Waals surface area contributed by atoms with Crippen molar-refractivity contribution in [3.05, 3.63) is 42.4 Å². The summed E-state index contributed by atoms with van der Waals surface area (Å²) in [7, 11) is 2.00. The molecule has 0 bridgehead atoms. The van der Waals surface area contributed by atoms with Crippen molar-refractivity contribution in [2.24, 2.45) is 0 Å². The first-order valence-corrected chi connectivity index (χ1v) is 7.29. The molecule has 3 nitrogen and oxygen atoms in total. The maximum atomic E-state index is 4.35. The van der Waals surface area contributed by atoms with Crippen molar-refractivity contribution < 1.29 is 0 Å². The molecule has 1 aromatic carbocycles. The zero-order valence-corrected chi connectivity index (χ0v) is 13.0. The van der Waals surface area contributed by atoms with Crippen LogP contribution in [-0.4, -0.2) is 23.1 Å². The summed E-state index contributed by atoms with van der Waals surface area (Å²) in [5, 5.41) is 3.21. The summed E-state index contributed by atoms with van der Waals surface area (Å²) in [5.74, 6) is 0. The van der Waals surface area contributed by atoms with E-state index >= 15 is 0 Å². The van der Waals surface area contributed by atoms with E-state index in [-0.39, 0.29) is 5.54 Å². The molecule has 1 heterocycles. The molecule has 0 radical (unpaired) electrons. The van der Waals surface area contributed by atoms with Crippen LogP contribution < -0.4 is 5.32 Å². The molecule has 0 fully saturated rings. The Morgan fingerprint density at radius 1 is 1.20 bits per heavy atom. The predicted molar refractivity (Wildman–Crippen MR) is 84.9 cm³/mol. The van der Waals surface area contributed by atoms with E-state index in [2.05, 4.69) is 59.9 Å². The lowest BCUT2D eigenvalue weighted by Gasteiger charge is -2.24. The van der Waals surface area contributed by atoms with Gasteiger partial charge in [-0.05, 0) is 52.8 Å². The molecule has 0 saturated carbocycles. The SMILES string of the molecule is CNCCCc1ccccc1-c1cncn1C(C)(C)C. The highest BCUT2D eigenvalue weighted by molar-refractivity contribution is 5.64. The van der Waals surface area contributed by atoms with Crippen LogP contribution in [-0.2, 0) is 12.0 Å². The van der Waals surface area contributed by atoms with Gasteiger partial charge in [0.2, 0.25) is 0 Å². The summed E-state index contributed by atoms with van der Waals surface area (Å²) >= 11 is 0. The normalized spacial score (nSPS) is 11.8. The van der Waals surface area contributed by atoms with Crippen molar-refractivity contribution in [1.29, 1.82) is 0 Å². The van der Waals surface area contributed by atoms with Gasteiger partial charge in [-0.2, -0.15) is 0 Å². The van der Waals surface area contributed by atoms with Gasteiger partial charge in [0, 0.05) is 11.1 Å². The molecule has 2 aromatic rings. The summed E-state index contributed by atoms with van der Waals surface area (Å²) in [6.45, 7) is 7.68. The first-order valence-electron chi connectivity index (χ1n) is 7.29. The van der Waals surface area contributed by atoms with Gasteiger partial charge in [-0.25, -0.2) is 4.98 Å². The molecule has 3 heteroatoms. The van der Waals surface area contributed by atoms with E-state index in [1.54, 1.807) is 0 Å². The molecule has 0 amide bonds. The van der Waals surface area contributed by atoms with Crippen molar-refractivity contribution >= 4 is 0 Å². The Bertz CT molecular complexity index is 549. The highest BCUT2D eigenvalue weighted by Gasteiger charge is 2.18. The summed E-state index contributed by atoms with van der Waals surface area (Å²) in [5.41, 5.74) is 3.95. The Morgan fingerprint density at radius 2 is 1.95 bits per heavy atom. The van der Waals surface area contributed by atoms with Crippen LogP contribution in [0.3, 0.4) is 0 Å². The van der Waals surface area contributed by atoms with Gasteiger partial charge in [0.1, 0.15) is 0 Å². The van der Waals surface area contributed by atoms with Crippen LogP contribution in [0.4, 0.5) is 0 Å². The topological polar surface area (TPSA) is 29.9 Å². The maximum absolute atomic E-state index is 4.35. The molecule has 2 rings (SSSR count). The Hall–Kier alpha value is -1.61. The lowest BCUT2D eigenvalue weighted by molar-refractivity contribution is 0.400. The fraction of sp³-hybridized carbons (Fsp3) is 0.471. The number of nitrogens with one attached hydrogen (secondary N) is 1. The van der Waals surface area contributed by atoms with Crippen molar-refractivity contribution in [3.8, 4) is 11.3 Å². The lowest BCUT2D eigenvalue weighted by Crippen LogP contribution is -2.21. The molecule has 0 aliphatic heterocycles. The number of nitrogens with zero attached hydrogens (tertiary/aromatic N) is 2. The summed E-state index contributed by atoms with van der Waals surface area (Å²) in [4.78, 5) is 4.35. The Balaban J connectivity index is 2.36. The zero-order chi connectivity index (χ0) is 14.6. The minimum absolute atomic E-state index is 0.0456. The second-order valence-electron chi connectivity index (χ2n) is 6.18. The quantitative estimate of drug-likeness (QED) is 0.844. The molecule has 1 N–H and O–H groups in total. The Morgan fingerprint density at radius 3 is 2.65 bits per heavy atom. The number of imidazole rings is 1.